The highest BCUT2D eigenvalue weighted by molar-refractivity contribution is 5.96. The lowest BCUT2D eigenvalue weighted by atomic mass is 10.2. The maximum absolute atomic E-state index is 11.8. The van der Waals surface area contributed by atoms with Crippen molar-refractivity contribution < 1.29 is 9.21 Å². The van der Waals surface area contributed by atoms with Crippen molar-refractivity contribution in [1.29, 1.82) is 0 Å². The first-order valence-corrected chi connectivity index (χ1v) is 5.89. The number of nitrogens with one attached hydrogen (secondary N) is 1. The van der Waals surface area contributed by atoms with Crippen molar-refractivity contribution in [3.8, 4) is 0 Å². The van der Waals surface area contributed by atoms with Crippen LogP contribution >= 0.6 is 0 Å². The number of allylic oxidation sites excluding steroid dienone is 1. The van der Waals surface area contributed by atoms with Crippen molar-refractivity contribution in [3.63, 3.8) is 0 Å². The van der Waals surface area contributed by atoms with E-state index in [9.17, 15) is 4.79 Å². The van der Waals surface area contributed by atoms with Crippen LogP contribution in [0.1, 0.15) is 23.9 Å². The molecule has 4 heteroatoms. The minimum Gasteiger partial charge on any atom is -0.451 e. The number of hydrogen-bond donors (Lipinski definition) is 2. The van der Waals surface area contributed by atoms with E-state index in [1.807, 2.05) is 19.1 Å². The summed E-state index contributed by atoms with van der Waals surface area (Å²) in [6.45, 7) is 2.55. The number of nitrogens with two attached hydrogens (primary N) is 1. The molecule has 0 atom stereocenters. The molecule has 0 spiro atoms. The van der Waals surface area contributed by atoms with Crippen LogP contribution in [0.5, 0.6) is 0 Å². The predicted octanol–water partition coefficient (Wildman–Crippen LogP) is 2.71. The molecule has 0 radical (unpaired) electrons. The van der Waals surface area contributed by atoms with Crippen LogP contribution in [0.4, 0.5) is 5.69 Å². The molecule has 1 amide bonds. The van der Waals surface area contributed by atoms with Crippen molar-refractivity contribution >= 4 is 22.6 Å². The quantitative estimate of drug-likeness (QED) is 0.493. The number of anilines is 1. The van der Waals surface area contributed by atoms with Crippen molar-refractivity contribution in [2.45, 2.75) is 13.3 Å². The van der Waals surface area contributed by atoms with E-state index in [1.54, 1.807) is 24.3 Å². The average molecular weight is 244 g/mol. The summed E-state index contributed by atoms with van der Waals surface area (Å²) in [5, 5.41) is 3.64. The molecule has 0 bridgehead atoms. The largest absolute Gasteiger partial charge is 0.451 e. The van der Waals surface area contributed by atoms with Crippen LogP contribution in [0, 0.1) is 0 Å². The lowest BCUT2D eigenvalue weighted by Crippen LogP contribution is -2.23. The molecule has 0 aliphatic rings. The fourth-order valence-electron chi connectivity index (χ4n) is 1.70. The molecule has 0 unspecified atom stereocenters. The smallest absolute Gasteiger partial charge is 0.287 e. The standard InChI is InChI=1S/C14H16N2O2/c1-2-3-4-7-16-14(17)13-9-10-8-11(15)5-6-12(10)18-13/h2-3,5-6,8-9H,4,7,15H2,1H3,(H,16,17)/b3-2+. The summed E-state index contributed by atoms with van der Waals surface area (Å²) in [5.41, 5.74) is 7.00. The second kappa shape index (κ2) is 5.40. The van der Waals surface area contributed by atoms with Crippen LogP contribution in [-0.2, 0) is 0 Å². The van der Waals surface area contributed by atoms with E-state index in [0.717, 1.165) is 11.8 Å². The van der Waals surface area contributed by atoms with Gasteiger partial charge in [0.2, 0.25) is 0 Å². The van der Waals surface area contributed by atoms with Gasteiger partial charge >= 0.3 is 0 Å². The summed E-state index contributed by atoms with van der Waals surface area (Å²) in [6.07, 6.45) is 4.77. The van der Waals surface area contributed by atoms with Gasteiger partial charge in [-0.1, -0.05) is 12.2 Å². The molecule has 18 heavy (non-hydrogen) atoms. The van der Waals surface area contributed by atoms with E-state index in [2.05, 4.69) is 5.32 Å². The SMILES string of the molecule is C/C=C/CCNC(=O)c1cc2cc(N)ccc2o1. The molecular formula is C14H16N2O2. The monoisotopic (exact) mass is 244 g/mol. The summed E-state index contributed by atoms with van der Waals surface area (Å²) in [4.78, 5) is 11.8. The fourth-order valence-corrected chi connectivity index (χ4v) is 1.70. The number of hydrogen-bond acceptors (Lipinski definition) is 3. The zero-order valence-corrected chi connectivity index (χ0v) is 10.3. The highest BCUT2D eigenvalue weighted by Gasteiger charge is 2.11. The third-order valence-electron chi connectivity index (χ3n) is 2.60. The van der Waals surface area contributed by atoms with E-state index < -0.39 is 0 Å². The Kier molecular flexibility index (Phi) is 3.67. The van der Waals surface area contributed by atoms with Gasteiger partial charge in [-0.2, -0.15) is 0 Å². The van der Waals surface area contributed by atoms with Gasteiger partial charge in [0.15, 0.2) is 5.76 Å². The first kappa shape index (κ1) is 12.2. The molecule has 1 heterocycles. The zero-order valence-electron chi connectivity index (χ0n) is 10.3. The van der Waals surface area contributed by atoms with Crippen LogP contribution in [-0.4, -0.2) is 12.5 Å². The molecule has 1 aromatic carbocycles. The summed E-state index contributed by atoms with van der Waals surface area (Å²) in [5.74, 6) is 0.116. The van der Waals surface area contributed by atoms with Crippen molar-refractivity contribution in [2.24, 2.45) is 0 Å². The highest BCUT2D eigenvalue weighted by atomic mass is 16.3. The van der Waals surface area contributed by atoms with Crippen molar-refractivity contribution in [1.82, 2.24) is 5.32 Å². The number of furan rings is 1. The molecule has 4 nitrogen and oxygen atoms in total. The second-order valence-corrected chi connectivity index (χ2v) is 4.02. The van der Waals surface area contributed by atoms with Gasteiger partial charge in [0, 0.05) is 17.6 Å². The lowest BCUT2D eigenvalue weighted by Gasteiger charge is -1.99. The molecule has 1 aromatic heterocycles. The molecule has 94 valence electrons. The number of amides is 1. The topological polar surface area (TPSA) is 68.3 Å². The number of nitrogen functional groups attached to an aromatic ring is 1. The van der Waals surface area contributed by atoms with E-state index >= 15 is 0 Å². The van der Waals surface area contributed by atoms with Crippen LogP contribution in [0.25, 0.3) is 11.0 Å². The van der Waals surface area contributed by atoms with Crippen LogP contribution in [0.15, 0.2) is 40.8 Å². The summed E-state index contributed by atoms with van der Waals surface area (Å²) in [6, 6.07) is 7.01. The molecule has 0 saturated carbocycles. The number of fused-ring (bicyclic) bond motifs is 1. The minimum atomic E-state index is -0.200. The second-order valence-electron chi connectivity index (χ2n) is 4.02. The first-order chi connectivity index (χ1) is 8.70. The Labute approximate surface area is 105 Å². The predicted molar refractivity (Wildman–Crippen MR) is 72.4 cm³/mol. The van der Waals surface area contributed by atoms with Gasteiger partial charge in [0.25, 0.3) is 5.91 Å². The molecular weight excluding hydrogens is 228 g/mol. The number of rotatable bonds is 4. The summed E-state index contributed by atoms with van der Waals surface area (Å²) in [7, 11) is 0. The molecule has 0 fully saturated rings. The summed E-state index contributed by atoms with van der Waals surface area (Å²) >= 11 is 0. The Morgan fingerprint density at radius 2 is 2.28 bits per heavy atom. The number of carbonyl (C=O) groups is 1. The third-order valence-corrected chi connectivity index (χ3v) is 2.60. The van der Waals surface area contributed by atoms with E-state index in [0.29, 0.717) is 23.6 Å². The number of benzene rings is 1. The van der Waals surface area contributed by atoms with Crippen molar-refractivity contribution in [2.75, 3.05) is 12.3 Å². The first-order valence-electron chi connectivity index (χ1n) is 5.89. The van der Waals surface area contributed by atoms with E-state index in [-0.39, 0.29) is 5.91 Å². The van der Waals surface area contributed by atoms with Gasteiger partial charge < -0.3 is 15.5 Å². The molecule has 2 rings (SSSR count). The van der Waals surface area contributed by atoms with Crippen LogP contribution in [0.3, 0.4) is 0 Å². The van der Waals surface area contributed by atoms with Gasteiger partial charge in [-0.05, 0) is 37.6 Å². The number of carbonyl (C=O) groups excluding carboxylic acids is 1. The van der Waals surface area contributed by atoms with Crippen molar-refractivity contribution in [3.05, 3.63) is 42.2 Å². The Bertz CT molecular complexity index is 584. The highest BCUT2D eigenvalue weighted by Crippen LogP contribution is 2.21. The lowest BCUT2D eigenvalue weighted by molar-refractivity contribution is 0.0929. The Hall–Kier alpha value is -2.23. The Balaban J connectivity index is 2.08. The van der Waals surface area contributed by atoms with Crippen LogP contribution < -0.4 is 11.1 Å². The molecule has 3 N–H and O–H groups in total. The van der Waals surface area contributed by atoms with Gasteiger partial charge in [-0.25, -0.2) is 0 Å². The normalized spacial score (nSPS) is 11.2. The fraction of sp³-hybridized carbons (Fsp3) is 0.214. The minimum absolute atomic E-state index is 0.200. The Morgan fingerprint density at radius 3 is 3.06 bits per heavy atom. The summed E-state index contributed by atoms with van der Waals surface area (Å²) < 4.78 is 5.46. The van der Waals surface area contributed by atoms with Gasteiger partial charge in [-0.15, -0.1) is 0 Å². The van der Waals surface area contributed by atoms with Gasteiger partial charge in [0.1, 0.15) is 5.58 Å². The van der Waals surface area contributed by atoms with Crippen LogP contribution in [0.2, 0.25) is 0 Å². The van der Waals surface area contributed by atoms with Gasteiger partial charge in [-0.3, -0.25) is 4.79 Å². The molecule has 2 aromatic rings. The maximum atomic E-state index is 11.8. The zero-order chi connectivity index (χ0) is 13.0. The van der Waals surface area contributed by atoms with Gasteiger partial charge in [0.05, 0.1) is 0 Å². The maximum Gasteiger partial charge on any atom is 0.287 e. The molecule has 0 saturated heterocycles. The molecule has 0 aliphatic heterocycles. The Morgan fingerprint density at radius 1 is 1.44 bits per heavy atom. The van der Waals surface area contributed by atoms with E-state index in [1.165, 1.54) is 0 Å². The third kappa shape index (κ3) is 2.71. The van der Waals surface area contributed by atoms with E-state index in [4.69, 9.17) is 10.2 Å². The average Bonchev–Trinajstić information content (AvgIpc) is 2.77. The molecule has 0 aliphatic carbocycles.